The van der Waals surface area contributed by atoms with Gasteiger partial charge in [0.05, 0.1) is 16.2 Å². The zero-order valence-corrected chi connectivity index (χ0v) is 14.1. The third kappa shape index (κ3) is 3.15. The van der Waals surface area contributed by atoms with Crippen molar-refractivity contribution in [2.75, 3.05) is 12.4 Å². The fourth-order valence-electron chi connectivity index (χ4n) is 2.05. The number of hydrogen-bond acceptors (Lipinski definition) is 5. The first kappa shape index (κ1) is 14.6. The average Bonchev–Trinajstić information content (AvgIpc) is 2.85. The number of hydrogen-bond donors (Lipinski definition) is 1. The molecule has 6 heteroatoms. The Balaban J connectivity index is 1.89. The molecule has 0 saturated heterocycles. The van der Waals surface area contributed by atoms with Gasteiger partial charge in [-0.3, -0.25) is 0 Å². The molecule has 21 heavy (non-hydrogen) atoms. The summed E-state index contributed by atoms with van der Waals surface area (Å²) in [6.45, 7) is 2.09. The average molecular weight is 336 g/mol. The molecular weight excluding hydrogens is 322 g/mol. The number of nitrogens with zero attached hydrogens (tertiary/aromatic N) is 2. The van der Waals surface area contributed by atoms with Gasteiger partial charge in [0, 0.05) is 16.8 Å². The SMILES string of the molecule is CNc1nc(CSc2ccccc2Cl)nc2sc(C)cc12. The van der Waals surface area contributed by atoms with Crippen LogP contribution in [0, 0.1) is 6.92 Å². The van der Waals surface area contributed by atoms with Crippen molar-refractivity contribution < 1.29 is 0 Å². The van der Waals surface area contributed by atoms with Crippen LogP contribution >= 0.6 is 34.7 Å². The smallest absolute Gasteiger partial charge is 0.142 e. The number of aromatic nitrogens is 2. The van der Waals surface area contributed by atoms with Crippen LogP contribution in [-0.4, -0.2) is 17.0 Å². The first-order valence-corrected chi connectivity index (χ1v) is 8.67. The Morgan fingerprint density at radius 2 is 2.10 bits per heavy atom. The second-order valence-electron chi connectivity index (χ2n) is 4.53. The molecule has 3 nitrogen and oxygen atoms in total. The van der Waals surface area contributed by atoms with Crippen LogP contribution in [0.4, 0.5) is 5.82 Å². The molecular formula is C15H14ClN3S2. The molecule has 108 valence electrons. The number of aryl methyl sites for hydroxylation is 1. The Hall–Kier alpha value is -1.30. The fourth-order valence-corrected chi connectivity index (χ4v) is 4.04. The molecule has 0 radical (unpaired) electrons. The van der Waals surface area contributed by atoms with Crippen LogP contribution in [0.15, 0.2) is 35.2 Å². The van der Waals surface area contributed by atoms with Crippen LogP contribution in [0.2, 0.25) is 5.02 Å². The van der Waals surface area contributed by atoms with E-state index in [0.29, 0.717) is 5.75 Å². The molecule has 3 rings (SSSR count). The highest BCUT2D eigenvalue weighted by atomic mass is 35.5. The molecule has 0 unspecified atom stereocenters. The molecule has 0 amide bonds. The summed E-state index contributed by atoms with van der Waals surface area (Å²) in [7, 11) is 1.89. The molecule has 0 aliphatic carbocycles. The maximum absolute atomic E-state index is 6.18. The molecule has 0 bridgehead atoms. The molecule has 3 aromatic rings. The van der Waals surface area contributed by atoms with Crippen molar-refractivity contribution in [2.24, 2.45) is 0 Å². The number of thiophene rings is 1. The van der Waals surface area contributed by atoms with Gasteiger partial charge in [0.15, 0.2) is 0 Å². The highest BCUT2D eigenvalue weighted by Gasteiger charge is 2.10. The summed E-state index contributed by atoms with van der Waals surface area (Å²) in [6, 6.07) is 9.95. The Morgan fingerprint density at radius 1 is 1.29 bits per heavy atom. The summed E-state index contributed by atoms with van der Waals surface area (Å²) in [4.78, 5) is 12.6. The number of halogens is 1. The van der Waals surface area contributed by atoms with E-state index in [4.69, 9.17) is 11.6 Å². The van der Waals surface area contributed by atoms with Crippen molar-refractivity contribution in [1.29, 1.82) is 0 Å². The molecule has 0 aliphatic rings. The van der Waals surface area contributed by atoms with Crippen LogP contribution < -0.4 is 5.32 Å². The lowest BCUT2D eigenvalue weighted by molar-refractivity contribution is 1.07. The number of benzene rings is 1. The maximum atomic E-state index is 6.18. The lowest BCUT2D eigenvalue weighted by atomic mass is 10.3. The molecule has 2 aromatic heterocycles. The summed E-state index contributed by atoms with van der Waals surface area (Å²) >= 11 is 9.52. The van der Waals surface area contributed by atoms with Gasteiger partial charge in [-0.05, 0) is 25.1 Å². The quantitative estimate of drug-likeness (QED) is 0.682. The molecule has 2 heterocycles. The Bertz CT molecular complexity index is 786. The van der Waals surface area contributed by atoms with Gasteiger partial charge >= 0.3 is 0 Å². The van der Waals surface area contributed by atoms with Crippen molar-refractivity contribution in [3.63, 3.8) is 0 Å². The predicted octanol–water partition coefficient (Wildman–Crippen LogP) is 4.99. The first-order chi connectivity index (χ1) is 10.2. The van der Waals surface area contributed by atoms with Gasteiger partial charge in [-0.25, -0.2) is 9.97 Å². The zero-order valence-electron chi connectivity index (χ0n) is 11.7. The molecule has 0 saturated carbocycles. The normalized spacial score (nSPS) is 11.0. The Labute approximate surface area is 136 Å². The Kier molecular flexibility index (Phi) is 4.33. The third-order valence-corrected chi connectivity index (χ3v) is 5.45. The highest BCUT2D eigenvalue weighted by molar-refractivity contribution is 7.98. The van der Waals surface area contributed by atoms with Crippen molar-refractivity contribution in [2.45, 2.75) is 17.6 Å². The van der Waals surface area contributed by atoms with Gasteiger partial charge in [-0.2, -0.15) is 0 Å². The minimum Gasteiger partial charge on any atom is -0.372 e. The monoisotopic (exact) mass is 335 g/mol. The van der Waals surface area contributed by atoms with Gasteiger partial charge in [0.1, 0.15) is 16.5 Å². The molecule has 0 atom stereocenters. The summed E-state index contributed by atoms with van der Waals surface area (Å²) in [5.41, 5.74) is 0. The molecule has 0 aliphatic heterocycles. The van der Waals surface area contributed by atoms with Crippen molar-refractivity contribution in [3.05, 3.63) is 46.1 Å². The minimum absolute atomic E-state index is 0.700. The van der Waals surface area contributed by atoms with Gasteiger partial charge in [-0.15, -0.1) is 23.1 Å². The lowest BCUT2D eigenvalue weighted by Gasteiger charge is -2.06. The van der Waals surface area contributed by atoms with Crippen molar-refractivity contribution >= 4 is 50.7 Å². The largest absolute Gasteiger partial charge is 0.372 e. The van der Waals surface area contributed by atoms with Crippen LogP contribution in [0.25, 0.3) is 10.2 Å². The van der Waals surface area contributed by atoms with Crippen molar-refractivity contribution in [3.8, 4) is 0 Å². The van der Waals surface area contributed by atoms with Crippen LogP contribution in [0.1, 0.15) is 10.7 Å². The summed E-state index contributed by atoms with van der Waals surface area (Å²) in [5, 5.41) is 5.01. The summed E-state index contributed by atoms with van der Waals surface area (Å²) < 4.78 is 0. The van der Waals surface area contributed by atoms with E-state index in [-0.39, 0.29) is 0 Å². The summed E-state index contributed by atoms with van der Waals surface area (Å²) in [6.07, 6.45) is 0. The maximum Gasteiger partial charge on any atom is 0.142 e. The lowest BCUT2D eigenvalue weighted by Crippen LogP contribution is -1.99. The molecule has 1 N–H and O–H groups in total. The van der Waals surface area contributed by atoms with Gasteiger partial charge < -0.3 is 5.32 Å². The van der Waals surface area contributed by atoms with Crippen LogP contribution in [0.5, 0.6) is 0 Å². The summed E-state index contributed by atoms with van der Waals surface area (Å²) in [5.74, 6) is 2.41. The zero-order chi connectivity index (χ0) is 14.8. The Morgan fingerprint density at radius 3 is 2.86 bits per heavy atom. The van der Waals surface area contributed by atoms with Gasteiger partial charge in [0.25, 0.3) is 0 Å². The molecule has 1 aromatic carbocycles. The van der Waals surface area contributed by atoms with Crippen LogP contribution in [-0.2, 0) is 5.75 Å². The second kappa shape index (κ2) is 6.22. The minimum atomic E-state index is 0.700. The number of fused-ring (bicyclic) bond motifs is 1. The van der Waals surface area contributed by atoms with E-state index in [2.05, 4.69) is 28.3 Å². The van der Waals surface area contributed by atoms with E-state index in [1.807, 2.05) is 31.3 Å². The van der Waals surface area contributed by atoms with Crippen LogP contribution in [0.3, 0.4) is 0 Å². The van der Waals surface area contributed by atoms with E-state index in [0.717, 1.165) is 31.8 Å². The standard InChI is InChI=1S/C15H14ClN3S2/c1-9-7-10-14(17-2)18-13(19-15(10)21-9)8-20-12-6-4-3-5-11(12)16/h3-7H,8H2,1-2H3,(H,17,18,19). The van der Waals surface area contributed by atoms with Crippen molar-refractivity contribution in [1.82, 2.24) is 9.97 Å². The van der Waals surface area contributed by atoms with E-state index in [9.17, 15) is 0 Å². The van der Waals surface area contributed by atoms with E-state index in [1.54, 1.807) is 23.1 Å². The van der Waals surface area contributed by atoms with E-state index in [1.165, 1.54) is 4.88 Å². The number of thioether (sulfide) groups is 1. The molecule has 0 spiro atoms. The fraction of sp³-hybridized carbons (Fsp3) is 0.200. The van der Waals surface area contributed by atoms with Gasteiger partial charge in [0.2, 0.25) is 0 Å². The first-order valence-electron chi connectivity index (χ1n) is 6.49. The second-order valence-corrected chi connectivity index (χ2v) is 7.19. The predicted molar refractivity (Wildman–Crippen MR) is 92.7 cm³/mol. The highest BCUT2D eigenvalue weighted by Crippen LogP contribution is 2.32. The number of rotatable bonds is 4. The van der Waals surface area contributed by atoms with Gasteiger partial charge in [-0.1, -0.05) is 23.7 Å². The number of anilines is 1. The van der Waals surface area contributed by atoms with E-state index < -0.39 is 0 Å². The van der Waals surface area contributed by atoms with E-state index >= 15 is 0 Å². The third-order valence-electron chi connectivity index (χ3n) is 2.99. The molecule has 0 fully saturated rings. The topological polar surface area (TPSA) is 37.8 Å². The number of nitrogens with one attached hydrogen (secondary N) is 1.